The van der Waals surface area contributed by atoms with Gasteiger partial charge >= 0.3 is 0 Å². The van der Waals surface area contributed by atoms with Crippen LogP contribution in [0.2, 0.25) is 0 Å². The van der Waals surface area contributed by atoms with Gasteiger partial charge in [-0.1, -0.05) is 80.2 Å². The molecule has 4 rings (SSSR count). The van der Waals surface area contributed by atoms with Crippen molar-refractivity contribution in [1.82, 2.24) is 21.3 Å². The number of hydrogen-bond acceptors (Lipinski definition) is 8. The first kappa shape index (κ1) is 41.7. The van der Waals surface area contributed by atoms with Crippen LogP contribution in [0.1, 0.15) is 58.6 Å². The minimum Gasteiger partial charge on any atom is -0.394 e. The molecule has 0 fully saturated rings. The Hall–Kier alpha value is -5.01. The second-order valence-corrected chi connectivity index (χ2v) is 15.5. The summed E-state index contributed by atoms with van der Waals surface area (Å²) in [6, 6.07) is 15.7. The van der Waals surface area contributed by atoms with Crippen LogP contribution >= 0.6 is 11.8 Å². The van der Waals surface area contributed by atoms with Crippen LogP contribution in [0.5, 0.6) is 0 Å². The molecule has 13 heteroatoms. The third kappa shape index (κ3) is 10.4. The Morgan fingerprint density at radius 1 is 0.833 bits per heavy atom. The van der Waals surface area contributed by atoms with Crippen LogP contribution in [-0.4, -0.2) is 95.8 Å². The fourth-order valence-corrected chi connectivity index (χ4v) is 7.27. The number of nitrogens with one attached hydrogen (secondary N) is 4. The lowest BCUT2D eigenvalue weighted by Gasteiger charge is -2.27. The van der Waals surface area contributed by atoms with Gasteiger partial charge in [0.05, 0.1) is 30.9 Å². The average Bonchev–Trinajstić information content (AvgIpc) is 3.48. The Morgan fingerprint density at radius 3 is 2.20 bits per heavy atom. The van der Waals surface area contributed by atoms with Gasteiger partial charge in [0.2, 0.25) is 29.3 Å². The Bertz CT molecular complexity index is 1860. The molecule has 12 nitrogen and oxygen atoms in total. The number of fused-ring (bicyclic) bond motifs is 2. The van der Waals surface area contributed by atoms with Gasteiger partial charge < -0.3 is 31.3 Å². The van der Waals surface area contributed by atoms with Gasteiger partial charge in [-0.2, -0.15) is 4.58 Å². The molecular formula is C41H53N6O6S+. The van der Waals surface area contributed by atoms with Gasteiger partial charge in [0, 0.05) is 54.5 Å². The van der Waals surface area contributed by atoms with Gasteiger partial charge in [0.15, 0.2) is 10.8 Å². The molecule has 5 N–H and O–H groups in total. The van der Waals surface area contributed by atoms with Gasteiger partial charge in [-0.3, -0.25) is 24.0 Å². The highest BCUT2D eigenvalue weighted by molar-refractivity contribution is 8.14. The Morgan fingerprint density at radius 2 is 1.50 bits per heavy atom. The van der Waals surface area contributed by atoms with Crippen molar-refractivity contribution in [2.24, 2.45) is 0 Å². The van der Waals surface area contributed by atoms with E-state index >= 15 is 0 Å². The van der Waals surface area contributed by atoms with Gasteiger partial charge in [0.1, 0.15) is 13.1 Å². The zero-order valence-electron chi connectivity index (χ0n) is 32.0. The van der Waals surface area contributed by atoms with Crippen LogP contribution in [0.3, 0.4) is 0 Å². The number of benzene rings is 2. The summed E-state index contributed by atoms with van der Waals surface area (Å²) in [5.74, 6) is -2.53. The highest BCUT2D eigenvalue weighted by Gasteiger charge is 2.42. The third-order valence-electron chi connectivity index (χ3n) is 9.71. The van der Waals surface area contributed by atoms with E-state index in [2.05, 4.69) is 144 Å². The van der Waals surface area contributed by atoms with Gasteiger partial charge in [0.25, 0.3) is 0 Å². The number of nitrogens with zero attached hydrogens (tertiary/aromatic N) is 2. The molecule has 2 aliphatic rings. The fourth-order valence-electron chi connectivity index (χ4n) is 6.86. The largest absolute Gasteiger partial charge is 0.394 e. The summed E-state index contributed by atoms with van der Waals surface area (Å²) in [5.41, 5.74) is 7.18. The Kier molecular flexibility index (Phi) is 14.6. The molecule has 4 amide bonds. The van der Waals surface area contributed by atoms with E-state index in [0.717, 1.165) is 31.1 Å². The standard InChI is InChI=1S/C41H52N6O6S/c1-28(49)54-27-38(52)45-31(26-48)39(53)44-25-37(51)43-24-36(50)42-22-14-15-23-47-33-19-13-11-17-30(33)41(4,5)35(47)21-9-7-8-20-34-40(2,3)29-16-10-12-18-32(29)46(34)6/h7-13,16-21,31,48H,14-15,22-27H2,1-6H3,(H3-,42,43,44,45,50,51,52,53)/p+1/t31-/m0/s1. The SMILES string of the molecule is CC(=O)SCC(=O)N[C@@H](CO)C(=O)NCC(=O)NCC(=O)NCCCCN1/C(=C/C=C/C=C/C2=[N+](C)c3ccccc3C2(C)C)C(C)(C)c2ccccc21. The number of rotatable bonds is 17. The number of amides is 4. The Balaban J connectivity index is 1.23. The summed E-state index contributed by atoms with van der Waals surface area (Å²) in [4.78, 5) is 62.1. The zero-order chi connectivity index (χ0) is 39.5. The van der Waals surface area contributed by atoms with Crippen molar-refractivity contribution >= 4 is 57.6 Å². The van der Waals surface area contributed by atoms with Crippen LogP contribution < -0.4 is 26.2 Å². The second kappa shape index (κ2) is 18.8. The first-order valence-electron chi connectivity index (χ1n) is 18.2. The van der Waals surface area contributed by atoms with Gasteiger partial charge in [-0.25, -0.2) is 0 Å². The van der Waals surface area contributed by atoms with Crippen molar-refractivity contribution < 1.29 is 33.7 Å². The molecule has 0 radical (unpaired) electrons. The lowest BCUT2D eigenvalue weighted by molar-refractivity contribution is -0.401. The summed E-state index contributed by atoms with van der Waals surface area (Å²) in [6.45, 7) is 10.1. The van der Waals surface area contributed by atoms with Gasteiger partial charge in [-0.05, 0) is 44.4 Å². The number of anilines is 1. The number of para-hydroxylation sites is 2. The second-order valence-electron chi connectivity index (χ2n) is 14.3. The monoisotopic (exact) mass is 757 g/mol. The zero-order valence-corrected chi connectivity index (χ0v) is 32.8. The number of unbranched alkanes of at least 4 members (excludes halogenated alkanes) is 1. The first-order valence-corrected chi connectivity index (χ1v) is 19.1. The van der Waals surface area contributed by atoms with E-state index in [0.29, 0.717) is 6.54 Å². The van der Waals surface area contributed by atoms with E-state index in [-0.39, 0.29) is 34.2 Å². The predicted molar refractivity (Wildman–Crippen MR) is 214 cm³/mol. The van der Waals surface area contributed by atoms with E-state index in [1.54, 1.807) is 0 Å². The van der Waals surface area contributed by atoms with Crippen molar-refractivity contribution in [3.05, 3.63) is 95.7 Å². The Labute approximate surface area is 322 Å². The molecule has 0 aromatic heterocycles. The number of aliphatic hydroxyl groups excluding tert-OH is 1. The van der Waals surface area contributed by atoms with E-state index < -0.39 is 36.9 Å². The first-order chi connectivity index (χ1) is 25.7. The molecule has 54 heavy (non-hydrogen) atoms. The van der Waals surface area contributed by atoms with Crippen LogP contribution in [0.15, 0.2) is 84.6 Å². The molecule has 0 aliphatic carbocycles. The summed E-state index contributed by atoms with van der Waals surface area (Å²) < 4.78 is 2.26. The molecule has 0 saturated carbocycles. The lowest BCUT2D eigenvalue weighted by atomic mass is 9.81. The molecule has 0 saturated heterocycles. The summed E-state index contributed by atoms with van der Waals surface area (Å²) >= 11 is 0.772. The van der Waals surface area contributed by atoms with E-state index in [4.69, 9.17) is 0 Å². The van der Waals surface area contributed by atoms with Crippen molar-refractivity contribution in [3.63, 3.8) is 0 Å². The van der Waals surface area contributed by atoms with E-state index in [9.17, 15) is 29.1 Å². The van der Waals surface area contributed by atoms with Crippen molar-refractivity contribution in [3.8, 4) is 0 Å². The molecular weight excluding hydrogens is 705 g/mol. The predicted octanol–water partition coefficient (Wildman–Crippen LogP) is 3.37. The molecule has 0 bridgehead atoms. The van der Waals surface area contributed by atoms with Crippen molar-refractivity contribution in [1.29, 1.82) is 0 Å². The highest BCUT2D eigenvalue weighted by atomic mass is 32.2. The molecule has 2 aromatic rings. The third-order valence-corrected chi connectivity index (χ3v) is 10.5. The van der Waals surface area contributed by atoms with Crippen LogP contribution in [0.25, 0.3) is 0 Å². The quantitative estimate of drug-likeness (QED) is 0.0934. The number of thioether (sulfide) groups is 1. The minimum absolute atomic E-state index is 0.0841. The number of carbonyl (C=O) groups excluding carboxylic acids is 5. The summed E-state index contributed by atoms with van der Waals surface area (Å²) in [5, 5.41) is 19.1. The van der Waals surface area contributed by atoms with E-state index in [1.165, 1.54) is 40.8 Å². The molecule has 2 aliphatic heterocycles. The average molecular weight is 758 g/mol. The topological polar surface area (TPSA) is 160 Å². The van der Waals surface area contributed by atoms with Crippen LogP contribution in [0, 0.1) is 0 Å². The maximum absolute atomic E-state index is 12.4. The highest BCUT2D eigenvalue weighted by Crippen LogP contribution is 2.47. The minimum atomic E-state index is -1.28. The summed E-state index contributed by atoms with van der Waals surface area (Å²) in [7, 11) is 2.12. The fraction of sp³-hybridized carbons (Fsp3) is 0.415. The molecule has 2 heterocycles. The lowest BCUT2D eigenvalue weighted by Crippen LogP contribution is -2.51. The van der Waals surface area contributed by atoms with Crippen molar-refractivity contribution in [2.45, 2.75) is 64.3 Å². The molecule has 1 atom stereocenters. The maximum Gasteiger partial charge on any atom is 0.245 e. The number of hydrogen-bond donors (Lipinski definition) is 5. The summed E-state index contributed by atoms with van der Waals surface area (Å²) in [6.07, 6.45) is 12.2. The molecule has 0 unspecified atom stereocenters. The van der Waals surface area contributed by atoms with Crippen LogP contribution in [0.4, 0.5) is 11.4 Å². The number of allylic oxidation sites excluding steroid dienone is 6. The van der Waals surface area contributed by atoms with Crippen molar-refractivity contribution in [2.75, 3.05) is 50.5 Å². The van der Waals surface area contributed by atoms with Gasteiger partial charge in [-0.15, -0.1) is 0 Å². The molecule has 2 aromatic carbocycles. The smallest absolute Gasteiger partial charge is 0.245 e. The number of aliphatic hydroxyl groups is 1. The molecule has 0 spiro atoms. The molecule has 288 valence electrons. The normalized spacial score (nSPS) is 16.7. The maximum atomic E-state index is 12.4. The number of carbonyl (C=O) groups is 5. The van der Waals surface area contributed by atoms with Crippen LogP contribution in [-0.2, 0) is 34.8 Å². The van der Waals surface area contributed by atoms with E-state index in [1.807, 2.05) is 0 Å².